The lowest BCUT2D eigenvalue weighted by molar-refractivity contribution is -0.191. The van der Waals surface area contributed by atoms with Crippen LogP contribution in [0.25, 0.3) is 0 Å². The summed E-state index contributed by atoms with van der Waals surface area (Å²) in [4.78, 5) is 27.4. The van der Waals surface area contributed by atoms with Gasteiger partial charge in [0, 0.05) is 18.4 Å². The van der Waals surface area contributed by atoms with Crippen LogP contribution in [0, 0.1) is 6.92 Å². The second-order valence-electron chi connectivity index (χ2n) is 4.16. The molecule has 0 saturated carbocycles. The summed E-state index contributed by atoms with van der Waals surface area (Å²) in [6, 6.07) is 8.72. The van der Waals surface area contributed by atoms with Crippen LogP contribution < -0.4 is 5.32 Å². The molecule has 1 fully saturated rings. The van der Waals surface area contributed by atoms with Crippen molar-refractivity contribution in [2.75, 3.05) is 0 Å². The summed E-state index contributed by atoms with van der Waals surface area (Å²) >= 11 is 0. The van der Waals surface area contributed by atoms with Crippen LogP contribution in [0.2, 0.25) is 0 Å². The lowest BCUT2D eigenvalue weighted by Gasteiger charge is -2.14. The van der Waals surface area contributed by atoms with Crippen LogP contribution in [0.1, 0.15) is 30.4 Å². The van der Waals surface area contributed by atoms with Crippen LogP contribution in [-0.2, 0) is 14.4 Å². The van der Waals surface area contributed by atoms with Gasteiger partial charge in [0.15, 0.2) is 0 Å². The normalized spacial score (nSPS) is 22.1. The molecule has 4 nitrogen and oxygen atoms in total. The maximum Gasteiger partial charge on any atom is 0.373 e. The summed E-state index contributed by atoms with van der Waals surface area (Å²) in [5.41, 5.74) is 2.53. The number of amides is 1. The minimum absolute atomic E-state index is 0.170. The molecule has 0 spiro atoms. The fourth-order valence-corrected chi connectivity index (χ4v) is 2.01. The topological polar surface area (TPSA) is 63.2 Å². The Bertz CT molecular complexity index is 419. The molecule has 0 aliphatic carbocycles. The summed E-state index contributed by atoms with van der Waals surface area (Å²) in [7, 11) is 0. The Morgan fingerprint density at radius 1 is 1.24 bits per heavy atom. The number of nitrogens with one attached hydrogen (secondary N) is 1. The summed E-state index contributed by atoms with van der Waals surface area (Å²) in [6.45, 7) is 4.14. The Morgan fingerprint density at radius 2 is 1.76 bits per heavy atom. The Hall–Kier alpha value is -1.93. The number of rotatable bonds is 1. The van der Waals surface area contributed by atoms with Crippen molar-refractivity contribution in [2.45, 2.75) is 32.2 Å². The van der Waals surface area contributed by atoms with E-state index in [1.807, 2.05) is 0 Å². The molecule has 2 rings (SSSR count). The number of carbonyl (C=O) groups excluding carboxylic acids is 3. The van der Waals surface area contributed by atoms with E-state index in [2.05, 4.69) is 43.4 Å². The molecule has 0 radical (unpaired) electrons. The molecule has 1 heterocycles. The van der Waals surface area contributed by atoms with E-state index in [4.69, 9.17) is 9.59 Å². The molecular weight excluding hydrogens is 218 g/mol. The van der Waals surface area contributed by atoms with E-state index in [1.165, 1.54) is 11.1 Å². The van der Waals surface area contributed by atoms with E-state index < -0.39 is 0 Å². The van der Waals surface area contributed by atoms with E-state index in [9.17, 15) is 4.79 Å². The van der Waals surface area contributed by atoms with Crippen LogP contribution in [0.5, 0.6) is 0 Å². The van der Waals surface area contributed by atoms with Gasteiger partial charge in [-0.1, -0.05) is 29.8 Å². The molecule has 4 heteroatoms. The lowest BCUT2D eigenvalue weighted by Crippen LogP contribution is -2.24. The predicted octanol–water partition coefficient (Wildman–Crippen LogP) is 1.40. The second-order valence-corrected chi connectivity index (χ2v) is 4.16. The van der Waals surface area contributed by atoms with Gasteiger partial charge in [-0.3, -0.25) is 4.79 Å². The number of aryl methyl sites for hydroxylation is 1. The Kier molecular flexibility index (Phi) is 4.61. The fourth-order valence-electron chi connectivity index (χ4n) is 2.01. The van der Waals surface area contributed by atoms with E-state index in [-0.39, 0.29) is 18.1 Å². The van der Waals surface area contributed by atoms with Crippen molar-refractivity contribution in [3.63, 3.8) is 0 Å². The first kappa shape index (κ1) is 13.1. The minimum atomic E-state index is 0.170. The van der Waals surface area contributed by atoms with Gasteiger partial charge in [-0.05, 0) is 19.4 Å². The molecular formula is C13H15NO3. The maximum atomic E-state index is 11.2. The highest BCUT2D eigenvalue weighted by atomic mass is 16.2. The van der Waals surface area contributed by atoms with Gasteiger partial charge in [0.05, 0.1) is 0 Å². The first-order valence-electron chi connectivity index (χ1n) is 5.43. The van der Waals surface area contributed by atoms with Crippen molar-refractivity contribution in [2.24, 2.45) is 0 Å². The van der Waals surface area contributed by atoms with Gasteiger partial charge >= 0.3 is 6.15 Å². The molecule has 0 bridgehead atoms. The number of hydrogen-bond donors (Lipinski definition) is 1. The fraction of sp³-hybridized carbons (Fsp3) is 0.385. The molecule has 1 aromatic rings. The standard InChI is InChI=1S/C12H15NO.CO2/c1-8-3-5-10(6-4-8)11-7-12(14)13-9(11)2;2-1-3/h3-6,9,11H,7H2,1-2H3,(H,13,14);/t9-,11+;/m0./s1. The van der Waals surface area contributed by atoms with Gasteiger partial charge in [-0.15, -0.1) is 0 Å². The lowest BCUT2D eigenvalue weighted by atomic mass is 9.92. The second kappa shape index (κ2) is 5.97. The zero-order valence-corrected chi connectivity index (χ0v) is 9.90. The number of carbonyl (C=O) groups is 1. The van der Waals surface area contributed by atoms with Gasteiger partial charge in [0.25, 0.3) is 0 Å². The first-order chi connectivity index (χ1) is 8.08. The molecule has 0 aromatic heterocycles. The van der Waals surface area contributed by atoms with Crippen LogP contribution in [-0.4, -0.2) is 18.1 Å². The third-order valence-corrected chi connectivity index (χ3v) is 2.90. The molecule has 1 aliphatic rings. The Morgan fingerprint density at radius 3 is 2.18 bits per heavy atom. The van der Waals surface area contributed by atoms with Crippen LogP contribution >= 0.6 is 0 Å². The minimum Gasteiger partial charge on any atom is -0.353 e. The highest BCUT2D eigenvalue weighted by Crippen LogP contribution is 2.28. The monoisotopic (exact) mass is 233 g/mol. The number of hydrogen-bond acceptors (Lipinski definition) is 3. The Balaban J connectivity index is 0.000000437. The molecule has 0 unspecified atom stereocenters. The quantitative estimate of drug-likeness (QED) is 0.797. The van der Waals surface area contributed by atoms with Gasteiger partial charge in [-0.2, -0.15) is 9.59 Å². The molecule has 2 atom stereocenters. The number of benzene rings is 1. The molecule has 1 aliphatic heterocycles. The van der Waals surface area contributed by atoms with E-state index in [0.29, 0.717) is 12.3 Å². The van der Waals surface area contributed by atoms with E-state index in [1.54, 1.807) is 0 Å². The summed E-state index contributed by atoms with van der Waals surface area (Å²) in [5.74, 6) is 0.520. The first-order valence-corrected chi connectivity index (χ1v) is 5.43. The Labute approximate surface area is 100 Å². The zero-order valence-electron chi connectivity index (χ0n) is 9.90. The van der Waals surface area contributed by atoms with Crippen molar-refractivity contribution in [1.29, 1.82) is 0 Å². The van der Waals surface area contributed by atoms with Crippen molar-refractivity contribution in [3.05, 3.63) is 35.4 Å². The summed E-state index contributed by atoms with van der Waals surface area (Å²) < 4.78 is 0. The largest absolute Gasteiger partial charge is 0.373 e. The van der Waals surface area contributed by atoms with Crippen molar-refractivity contribution in [1.82, 2.24) is 5.32 Å². The van der Waals surface area contributed by atoms with Gasteiger partial charge in [0.2, 0.25) is 5.91 Å². The summed E-state index contributed by atoms with van der Waals surface area (Å²) in [6.07, 6.45) is 0.879. The van der Waals surface area contributed by atoms with Gasteiger partial charge in [0.1, 0.15) is 0 Å². The zero-order chi connectivity index (χ0) is 12.8. The summed E-state index contributed by atoms with van der Waals surface area (Å²) in [5, 5.41) is 2.94. The van der Waals surface area contributed by atoms with Gasteiger partial charge < -0.3 is 5.32 Å². The van der Waals surface area contributed by atoms with Crippen molar-refractivity contribution >= 4 is 12.1 Å². The average molecular weight is 233 g/mol. The third kappa shape index (κ3) is 3.54. The third-order valence-electron chi connectivity index (χ3n) is 2.90. The maximum absolute atomic E-state index is 11.2. The molecule has 1 aromatic carbocycles. The van der Waals surface area contributed by atoms with E-state index in [0.717, 1.165) is 0 Å². The average Bonchev–Trinajstić information content (AvgIpc) is 2.60. The molecule has 90 valence electrons. The predicted molar refractivity (Wildman–Crippen MR) is 61.1 cm³/mol. The molecule has 1 amide bonds. The molecule has 17 heavy (non-hydrogen) atoms. The molecule has 1 N–H and O–H groups in total. The van der Waals surface area contributed by atoms with Crippen LogP contribution in [0.15, 0.2) is 24.3 Å². The van der Waals surface area contributed by atoms with Crippen LogP contribution in [0.3, 0.4) is 0 Å². The van der Waals surface area contributed by atoms with Crippen molar-refractivity contribution in [3.8, 4) is 0 Å². The van der Waals surface area contributed by atoms with E-state index >= 15 is 0 Å². The van der Waals surface area contributed by atoms with Crippen LogP contribution in [0.4, 0.5) is 0 Å². The van der Waals surface area contributed by atoms with Crippen molar-refractivity contribution < 1.29 is 14.4 Å². The smallest absolute Gasteiger partial charge is 0.353 e. The van der Waals surface area contributed by atoms with Gasteiger partial charge in [-0.25, -0.2) is 0 Å². The SMILES string of the molecule is Cc1ccc([C@@H]2CC(=O)N[C@H]2C)cc1.O=C=O. The molecule has 1 saturated heterocycles. The highest BCUT2D eigenvalue weighted by Gasteiger charge is 2.29. The highest BCUT2D eigenvalue weighted by molar-refractivity contribution is 5.80.